The second-order valence-corrected chi connectivity index (χ2v) is 11.0. The lowest BCUT2D eigenvalue weighted by atomic mass is 9.85. The van der Waals surface area contributed by atoms with Gasteiger partial charge in [0.1, 0.15) is 48.8 Å². The van der Waals surface area contributed by atoms with Crippen molar-refractivity contribution in [2.24, 2.45) is 5.92 Å². The summed E-state index contributed by atoms with van der Waals surface area (Å²) in [5.74, 6) is -0.0620. The molecule has 14 unspecified atom stereocenters. The van der Waals surface area contributed by atoms with Gasteiger partial charge in [-0.15, -0.1) is 0 Å². The lowest BCUT2D eigenvalue weighted by molar-refractivity contribution is -0.354. The van der Waals surface area contributed by atoms with E-state index < -0.39 is 86.3 Å². The summed E-state index contributed by atoms with van der Waals surface area (Å²) in [5, 5.41) is 51.6. The van der Waals surface area contributed by atoms with Crippen LogP contribution in [0.1, 0.15) is 59.3 Å². The molecule has 3 heterocycles. The van der Waals surface area contributed by atoms with Crippen LogP contribution in [0.2, 0.25) is 0 Å². The maximum atomic E-state index is 12.5. The first-order chi connectivity index (χ1) is 18.2. The summed E-state index contributed by atoms with van der Waals surface area (Å²) in [6.07, 6.45) is -9.24. The predicted molar refractivity (Wildman–Crippen MR) is 130 cm³/mol. The fourth-order valence-electron chi connectivity index (χ4n) is 5.85. The van der Waals surface area contributed by atoms with Gasteiger partial charge in [-0.25, -0.2) is 0 Å². The SMILES string of the molecule is CCC(=O)C1CCCOC2C(OC3CCCC(C)C3OC3OC(C)C(O)C(O)C3O)OC(CO)C(O)C2O1. The molecule has 0 radical (unpaired) electrons. The van der Waals surface area contributed by atoms with Crippen LogP contribution in [0.15, 0.2) is 0 Å². The van der Waals surface area contributed by atoms with Crippen LogP contribution in [0.25, 0.3) is 0 Å². The molecular formula is C26H44O12. The highest BCUT2D eigenvalue weighted by Crippen LogP contribution is 2.36. The van der Waals surface area contributed by atoms with Crippen LogP contribution in [0.3, 0.4) is 0 Å². The molecule has 12 nitrogen and oxygen atoms in total. The molecule has 0 amide bonds. The van der Waals surface area contributed by atoms with Gasteiger partial charge in [0.05, 0.1) is 24.9 Å². The van der Waals surface area contributed by atoms with E-state index in [-0.39, 0.29) is 11.7 Å². The molecule has 1 aliphatic carbocycles. The fourth-order valence-corrected chi connectivity index (χ4v) is 5.85. The largest absolute Gasteiger partial charge is 0.394 e. The minimum absolute atomic E-state index is 0.00326. The second-order valence-electron chi connectivity index (χ2n) is 11.0. The number of carbonyl (C=O) groups is 1. The van der Waals surface area contributed by atoms with Crippen LogP contribution >= 0.6 is 0 Å². The van der Waals surface area contributed by atoms with Gasteiger partial charge >= 0.3 is 0 Å². The third-order valence-corrected chi connectivity index (χ3v) is 8.23. The van der Waals surface area contributed by atoms with Gasteiger partial charge in [0.25, 0.3) is 0 Å². The summed E-state index contributed by atoms with van der Waals surface area (Å²) in [7, 11) is 0. The Kier molecular flexibility index (Phi) is 10.5. The maximum Gasteiger partial charge on any atom is 0.187 e. The van der Waals surface area contributed by atoms with E-state index >= 15 is 0 Å². The van der Waals surface area contributed by atoms with Gasteiger partial charge in [-0.2, -0.15) is 0 Å². The zero-order chi connectivity index (χ0) is 27.6. The van der Waals surface area contributed by atoms with Gasteiger partial charge in [0.15, 0.2) is 18.4 Å². The van der Waals surface area contributed by atoms with Gasteiger partial charge in [-0.05, 0) is 38.5 Å². The summed E-state index contributed by atoms with van der Waals surface area (Å²) in [4.78, 5) is 12.5. The van der Waals surface area contributed by atoms with Crippen molar-refractivity contribution in [3.05, 3.63) is 0 Å². The number of aliphatic hydroxyl groups is 5. The summed E-state index contributed by atoms with van der Waals surface area (Å²) >= 11 is 0. The van der Waals surface area contributed by atoms with E-state index in [1.54, 1.807) is 13.8 Å². The van der Waals surface area contributed by atoms with E-state index in [0.29, 0.717) is 32.3 Å². The molecule has 0 aromatic rings. The zero-order valence-electron chi connectivity index (χ0n) is 22.3. The highest BCUT2D eigenvalue weighted by atomic mass is 16.7. The topological polar surface area (TPSA) is 174 Å². The van der Waals surface area contributed by atoms with Crippen LogP contribution in [0.5, 0.6) is 0 Å². The van der Waals surface area contributed by atoms with E-state index in [2.05, 4.69) is 0 Å². The number of rotatable bonds is 7. The van der Waals surface area contributed by atoms with Gasteiger partial charge in [-0.3, -0.25) is 4.79 Å². The van der Waals surface area contributed by atoms with Crippen LogP contribution < -0.4 is 0 Å². The standard InChI is InChI=1S/C26H44O12/c1-4-14(28)15-9-6-10-33-24-23(35-15)19(30)17(11-27)37-26(24)36-16-8-5-7-12(2)22(16)38-25-21(32)20(31)18(29)13(3)34-25/h12-13,15-27,29-32H,4-11H2,1-3H3. The molecule has 0 aromatic heterocycles. The van der Waals surface area contributed by atoms with Crippen LogP contribution in [0, 0.1) is 5.92 Å². The second kappa shape index (κ2) is 13.3. The molecule has 4 fully saturated rings. The van der Waals surface area contributed by atoms with Crippen molar-refractivity contribution in [1.82, 2.24) is 0 Å². The monoisotopic (exact) mass is 548 g/mol. The number of hydrogen-bond acceptors (Lipinski definition) is 12. The molecule has 3 saturated heterocycles. The molecular weight excluding hydrogens is 504 g/mol. The number of fused-ring (bicyclic) bond motifs is 1. The quantitative estimate of drug-likeness (QED) is 0.274. The molecule has 0 bridgehead atoms. The molecule has 0 spiro atoms. The Morgan fingerprint density at radius 3 is 2.32 bits per heavy atom. The van der Waals surface area contributed by atoms with Crippen LogP contribution in [0.4, 0.5) is 0 Å². The lowest BCUT2D eigenvalue weighted by Crippen LogP contribution is -2.64. The average Bonchev–Trinajstić information content (AvgIpc) is 2.89. The Morgan fingerprint density at radius 1 is 0.842 bits per heavy atom. The summed E-state index contributed by atoms with van der Waals surface area (Å²) in [6.45, 7) is 5.18. The Balaban J connectivity index is 1.52. The van der Waals surface area contributed by atoms with Crippen molar-refractivity contribution < 1.29 is 58.7 Å². The third-order valence-electron chi connectivity index (χ3n) is 8.23. The first-order valence-corrected chi connectivity index (χ1v) is 13.9. The van der Waals surface area contributed by atoms with Crippen molar-refractivity contribution >= 4 is 5.78 Å². The van der Waals surface area contributed by atoms with E-state index in [1.807, 2.05) is 6.92 Å². The number of Topliss-reactive ketones (excluding diaryl/α,β-unsaturated/α-hetero) is 1. The fraction of sp³-hybridized carbons (Fsp3) is 0.962. The molecule has 0 aromatic carbocycles. The summed E-state index contributed by atoms with van der Waals surface area (Å²) in [6, 6.07) is 0. The van der Waals surface area contributed by atoms with Gasteiger partial charge in [0, 0.05) is 13.0 Å². The Bertz CT molecular complexity index is 769. The molecule has 4 rings (SSSR count). The predicted octanol–water partition coefficient (Wildman–Crippen LogP) is -0.606. The number of carbonyl (C=O) groups excluding carboxylic acids is 1. The average molecular weight is 549 g/mol. The number of ketones is 1. The Hall–Kier alpha value is -0.770. The minimum Gasteiger partial charge on any atom is -0.394 e. The van der Waals surface area contributed by atoms with Crippen molar-refractivity contribution in [2.75, 3.05) is 13.2 Å². The molecule has 220 valence electrons. The summed E-state index contributed by atoms with van der Waals surface area (Å²) < 4.78 is 36.4. The number of aliphatic hydroxyl groups excluding tert-OH is 5. The molecule has 4 aliphatic rings. The summed E-state index contributed by atoms with van der Waals surface area (Å²) in [5.41, 5.74) is 0. The first kappa shape index (κ1) is 30.2. The van der Waals surface area contributed by atoms with Crippen molar-refractivity contribution in [1.29, 1.82) is 0 Å². The van der Waals surface area contributed by atoms with E-state index in [9.17, 15) is 30.3 Å². The molecule has 38 heavy (non-hydrogen) atoms. The van der Waals surface area contributed by atoms with Gasteiger partial charge in [0.2, 0.25) is 0 Å². The smallest absolute Gasteiger partial charge is 0.187 e. The first-order valence-electron chi connectivity index (χ1n) is 13.9. The van der Waals surface area contributed by atoms with E-state index in [0.717, 1.165) is 12.8 Å². The lowest BCUT2D eigenvalue weighted by Gasteiger charge is -2.48. The normalized spacial score (nSPS) is 48.5. The van der Waals surface area contributed by atoms with Gasteiger partial charge < -0.3 is 54.0 Å². The highest BCUT2D eigenvalue weighted by molar-refractivity contribution is 5.82. The number of ether oxygens (including phenoxy) is 6. The zero-order valence-corrected chi connectivity index (χ0v) is 22.3. The maximum absolute atomic E-state index is 12.5. The van der Waals surface area contributed by atoms with Crippen LogP contribution in [-0.4, -0.2) is 124 Å². The molecule has 3 aliphatic heterocycles. The Labute approximate surface area is 223 Å². The van der Waals surface area contributed by atoms with Gasteiger partial charge in [-0.1, -0.05) is 20.3 Å². The van der Waals surface area contributed by atoms with Crippen molar-refractivity contribution in [3.63, 3.8) is 0 Å². The highest BCUT2D eigenvalue weighted by Gasteiger charge is 2.51. The third kappa shape index (κ3) is 6.41. The van der Waals surface area contributed by atoms with Crippen molar-refractivity contribution in [3.8, 4) is 0 Å². The molecule has 1 saturated carbocycles. The molecule has 5 N–H and O–H groups in total. The van der Waals surface area contributed by atoms with Crippen LogP contribution in [-0.2, 0) is 33.2 Å². The minimum atomic E-state index is -1.45. The Morgan fingerprint density at radius 2 is 1.61 bits per heavy atom. The van der Waals surface area contributed by atoms with E-state index in [1.165, 1.54) is 0 Å². The molecule has 14 atom stereocenters. The van der Waals surface area contributed by atoms with E-state index in [4.69, 9.17) is 28.4 Å². The van der Waals surface area contributed by atoms with Crippen molar-refractivity contribution in [2.45, 2.75) is 139 Å². The molecule has 12 heteroatoms. The number of hydrogen-bond donors (Lipinski definition) is 5.